The molecule has 0 spiro atoms. The lowest BCUT2D eigenvalue weighted by Gasteiger charge is -2.40. The summed E-state index contributed by atoms with van der Waals surface area (Å²) in [5.41, 5.74) is 11.0. The number of hydrogen-bond acceptors (Lipinski definition) is 16. The molecule has 0 aliphatic carbocycles. The SMILES string of the molecule is COc1cc(N)ccc1-n1cnc(C)c1.COc1cc(Nc2ncc3c(n2)N2CCOC[C@H]2CO3)ccc1-n1cnc(C)c1.Clc1ncc2c(n1)N1CCOC[C@H]1CO2.S.S. The molecule has 0 saturated carbocycles. The normalized spacial score (nSPS) is 16.9. The van der Waals surface area contributed by atoms with E-state index in [4.69, 9.17) is 50.7 Å². The van der Waals surface area contributed by atoms with Gasteiger partial charge in [0.15, 0.2) is 23.1 Å². The van der Waals surface area contributed by atoms with Crippen molar-refractivity contribution in [2.45, 2.75) is 25.9 Å². The lowest BCUT2D eigenvalue weighted by molar-refractivity contribution is 0.0695. The van der Waals surface area contributed by atoms with Gasteiger partial charge in [0, 0.05) is 49.0 Å². The Hall–Kier alpha value is -5.67. The minimum absolute atomic E-state index is 0. The van der Waals surface area contributed by atoms with E-state index in [1.807, 2.05) is 65.7 Å². The summed E-state index contributed by atoms with van der Waals surface area (Å²) in [7, 11) is 3.28. The second-order valence-corrected chi connectivity index (χ2v) is 14.3. The van der Waals surface area contributed by atoms with Crippen molar-refractivity contribution in [2.75, 3.05) is 87.8 Å². The number of nitrogens with zero attached hydrogens (tertiary/aromatic N) is 10. The van der Waals surface area contributed by atoms with E-state index < -0.39 is 0 Å². The average Bonchev–Trinajstić information content (AvgIpc) is 3.91. The molecule has 10 rings (SSSR count). The van der Waals surface area contributed by atoms with Crippen LogP contribution >= 0.6 is 38.6 Å². The fourth-order valence-electron chi connectivity index (χ4n) is 7.00. The fraction of sp³-hybridized carbons (Fsp3) is 0.350. The molecule has 3 N–H and O–H groups in total. The van der Waals surface area contributed by atoms with Gasteiger partial charge in [0.25, 0.3) is 0 Å². The summed E-state index contributed by atoms with van der Waals surface area (Å²) >= 11 is 5.77. The summed E-state index contributed by atoms with van der Waals surface area (Å²) in [5.74, 6) is 4.98. The number of aryl methyl sites for hydroxylation is 2. The van der Waals surface area contributed by atoms with E-state index >= 15 is 0 Å². The monoisotopic (exact) mass is 892 g/mol. The predicted molar refractivity (Wildman–Crippen MR) is 242 cm³/mol. The quantitative estimate of drug-likeness (QED) is 0.167. The van der Waals surface area contributed by atoms with Gasteiger partial charge in [0.05, 0.1) is 101 Å². The van der Waals surface area contributed by atoms with Crippen molar-refractivity contribution in [3.63, 3.8) is 0 Å². The zero-order chi connectivity index (χ0) is 40.9. The number of fused-ring (bicyclic) bond motifs is 6. The Morgan fingerprint density at radius 1 is 0.705 bits per heavy atom. The maximum Gasteiger partial charge on any atom is 0.229 e. The second kappa shape index (κ2) is 20.3. The summed E-state index contributed by atoms with van der Waals surface area (Å²) in [4.78, 5) is 30.1. The first kappa shape index (κ1) is 44.9. The van der Waals surface area contributed by atoms with Crippen LogP contribution in [0.3, 0.4) is 0 Å². The van der Waals surface area contributed by atoms with E-state index in [0.29, 0.717) is 56.2 Å². The van der Waals surface area contributed by atoms with Gasteiger partial charge in [0.1, 0.15) is 24.7 Å². The van der Waals surface area contributed by atoms with Crippen LogP contribution in [0.1, 0.15) is 11.4 Å². The molecule has 4 aromatic heterocycles. The van der Waals surface area contributed by atoms with E-state index in [2.05, 4.69) is 40.0 Å². The molecule has 0 amide bonds. The maximum atomic E-state index is 5.80. The molecular formula is C40H49ClN12O6S2. The number of nitrogens with two attached hydrogens (primary N) is 1. The van der Waals surface area contributed by atoms with Crippen molar-refractivity contribution >= 4 is 67.6 Å². The van der Waals surface area contributed by atoms with E-state index in [-0.39, 0.29) is 44.4 Å². The van der Waals surface area contributed by atoms with E-state index in [9.17, 15) is 0 Å². The molecule has 8 heterocycles. The van der Waals surface area contributed by atoms with Crippen LogP contribution < -0.4 is 39.8 Å². The van der Waals surface area contributed by atoms with Crippen LogP contribution in [0.15, 0.2) is 73.8 Å². The zero-order valence-corrected chi connectivity index (χ0v) is 36.9. The standard InChI is InChI=1S/C20H22N6O3.C11H13N3O.C9H10ClN3O2.2H2S/c1-13-9-25(12-22-13)16-4-3-14(7-17(16)27-2)23-20-21-8-18-19(24-20)26-5-6-28-10-15(26)11-29-18;1-8-6-14(7-13-8)10-4-3-9(12)5-11(10)15-2;10-9-11-3-7-8(12-9)13-1-2-14-4-6(13)5-15-7;;/h3-4,7-9,12,15H,5-6,10-11H2,1-2H3,(H,21,23,24);3-7H,12H2,1-2H3;3,6H,1-2,4-5H2;2*1H2/t15-;;6-;;/m0.0../s1. The van der Waals surface area contributed by atoms with E-state index in [1.54, 1.807) is 45.3 Å². The Morgan fingerprint density at radius 2 is 1.25 bits per heavy atom. The number of anilines is 5. The first-order valence-corrected chi connectivity index (χ1v) is 19.4. The Labute approximate surface area is 372 Å². The summed E-state index contributed by atoms with van der Waals surface area (Å²) in [6, 6.07) is 11.8. The number of methoxy groups -OCH3 is 2. The van der Waals surface area contributed by atoms with Crippen molar-refractivity contribution in [3.05, 3.63) is 90.5 Å². The Bertz CT molecular complexity index is 2410. The average molecular weight is 893 g/mol. The highest BCUT2D eigenvalue weighted by atomic mass is 35.5. The summed E-state index contributed by atoms with van der Waals surface area (Å²) in [5, 5.41) is 3.52. The van der Waals surface area contributed by atoms with Crippen molar-refractivity contribution in [2.24, 2.45) is 0 Å². The third-order valence-corrected chi connectivity index (χ3v) is 10.1. The first-order valence-electron chi connectivity index (χ1n) is 19.0. The van der Waals surface area contributed by atoms with Gasteiger partial charge in [-0.25, -0.2) is 19.9 Å². The van der Waals surface area contributed by atoms with E-state index in [1.165, 1.54) is 0 Å². The molecular weight excluding hydrogens is 844 g/mol. The van der Waals surface area contributed by atoms with Crippen molar-refractivity contribution in [1.29, 1.82) is 0 Å². The highest BCUT2D eigenvalue weighted by Gasteiger charge is 2.33. The van der Waals surface area contributed by atoms with Crippen LogP contribution in [0.2, 0.25) is 5.28 Å². The molecule has 4 aliphatic rings. The molecule has 2 atom stereocenters. The van der Waals surface area contributed by atoms with Gasteiger partial charge < -0.3 is 58.4 Å². The molecule has 0 bridgehead atoms. The topological polar surface area (TPSA) is 187 Å². The van der Waals surface area contributed by atoms with Crippen molar-refractivity contribution in [3.8, 4) is 34.4 Å². The smallest absolute Gasteiger partial charge is 0.229 e. The Morgan fingerprint density at radius 3 is 1.80 bits per heavy atom. The van der Waals surface area contributed by atoms with Gasteiger partial charge in [-0.15, -0.1) is 0 Å². The highest BCUT2D eigenvalue weighted by Crippen LogP contribution is 2.35. The molecule has 324 valence electrons. The summed E-state index contributed by atoms with van der Waals surface area (Å²) < 4.78 is 37.0. The summed E-state index contributed by atoms with van der Waals surface area (Å²) in [6.07, 6.45) is 10.8. The maximum absolute atomic E-state index is 5.80. The second-order valence-electron chi connectivity index (χ2n) is 14.0. The van der Waals surface area contributed by atoms with Gasteiger partial charge in [-0.05, 0) is 49.7 Å². The van der Waals surface area contributed by atoms with Crippen LogP contribution in [0.5, 0.6) is 23.0 Å². The van der Waals surface area contributed by atoms with Crippen LogP contribution in [-0.4, -0.2) is 118 Å². The number of nitrogens with one attached hydrogen (secondary N) is 1. The molecule has 21 heteroatoms. The lowest BCUT2D eigenvalue weighted by Crippen LogP contribution is -2.51. The summed E-state index contributed by atoms with van der Waals surface area (Å²) in [6.45, 7) is 9.48. The molecule has 2 fully saturated rings. The van der Waals surface area contributed by atoms with Crippen molar-refractivity contribution < 1.29 is 28.4 Å². The number of morpholine rings is 2. The molecule has 18 nitrogen and oxygen atoms in total. The van der Waals surface area contributed by atoms with Gasteiger partial charge in [0.2, 0.25) is 11.2 Å². The number of nitrogen functional groups attached to an aromatic ring is 1. The highest BCUT2D eigenvalue weighted by molar-refractivity contribution is 7.59. The van der Waals surface area contributed by atoms with Crippen LogP contribution in [0.25, 0.3) is 11.4 Å². The number of benzene rings is 2. The predicted octanol–water partition coefficient (Wildman–Crippen LogP) is 5.05. The number of aromatic nitrogens is 8. The molecule has 4 aliphatic heterocycles. The van der Waals surface area contributed by atoms with Crippen LogP contribution in [0, 0.1) is 13.8 Å². The lowest BCUT2D eigenvalue weighted by atomic mass is 10.2. The molecule has 2 saturated heterocycles. The number of imidazole rings is 2. The Kier molecular flexibility index (Phi) is 14.9. The number of hydrogen-bond donors (Lipinski definition) is 2. The first-order chi connectivity index (χ1) is 28.8. The fourth-order valence-corrected chi connectivity index (χ4v) is 7.13. The number of halogens is 1. The number of rotatable bonds is 6. The Balaban J connectivity index is 0.000000165. The van der Waals surface area contributed by atoms with Crippen molar-refractivity contribution in [1.82, 2.24) is 39.0 Å². The third-order valence-electron chi connectivity index (χ3n) is 9.92. The molecule has 6 aromatic rings. The minimum Gasteiger partial charge on any atom is -0.494 e. The van der Waals surface area contributed by atoms with Gasteiger partial charge in [-0.3, -0.25) is 0 Å². The van der Waals surface area contributed by atoms with E-state index in [0.717, 1.165) is 71.3 Å². The largest absolute Gasteiger partial charge is 0.494 e. The molecule has 2 aromatic carbocycles. The number of ether oxygens (including phenoxy) is 6. The van der Waals surface area contributed by atoms with Gasteiger partial charge in [-0.1, -0.05) is 0 Å². The minimum atomic E-state index is 0. The molecule has 0 unspecified atom stereocenters. The van der Waals surface area contributed by atoms with Crippen LogP contribution in [0.4, 0.5) is 29.0 Å². The molecule has 61 heavy (non-hydrogen) atoms. The van der Waals surface area contributed by atoms with Crippen LogP contribution in [-0.2, 0) is 9.47 Å². The third kappa shape index (κ3) is 10.3. The van der Waals surface area contributed by atoms with Gasteiger partial charge >= 0.3 is 0 Å². The zero-order valence-electron chi connectivity index (χ0n) is 34.1. The molecule has 0 radical (unpaired) electrons. The van der Waals surface area contributed by atoms with Gasteiger partial charge in [-0.2, -0.15) is 37.0 Å².